The number of piperidine rings is 1. The smallest absolute Gasteiger partial charge is 0.243 e. The molecule has 0 saturated carbocycles. The molecule has 1 amide bonds. The van der Waals surface area contributed by atoms with E-state index >= 15 is 0 Å². The van der Waals surface area contributed by atoms with E-state index in [4.69, 9.17) is 4.74 Å². The quantitative estimate of drug-likeness (QED) is 0.717. The first-order valence-corrected chi connectivity index (χ1v) is 11.6. The summed E-state index contributed by atoms with van der Waals surface area (Å²) in [5, 5.41) is 0. The summed E-state index contributed by atoms with van der Waals surface area (Å²) in [7, 11) is -1.96. The van der Waals surface area contributed by atoms with E-state index in [1.807, 2.05) is 4.90 Å². The van der Waals surface area contributed by atoms with Crippen molar-refractivity contribution in [2.75, 3.05) is 46.4 Å². The van der Waals surface area contributed by atoms with Crippen LogP contribution in [0.2, 0.25) is 0 Å². The second-order valence-corrected chi connectivity index (χ2v) is 9.44. The fourth-order valence-corrected chi connectivity index (χ4v) is 5.48. The van der Waals surface area contributed by atoms with Crippen molar-refractivity contribution in [3.8, 4) is 5.75 Å². The van der Waals surface area contributed by atoms with E-state index in [1.54, 1.807) is 31.4 Å². The van der Waals surface area contributed by atoms with Gasteiger partial charge in [0.05, 0.1) is 18.6 Å². The number of amides is 1. The molecule has 3 rings (SSSR count). The largest absolute Gasteiger partial charge is 0.497 e. The molecule has 0 unspecified atom stereocenters. The lowest BCUT2D eigenvalue weighted by molar-refractivity contribution is -0.136. The van der Waals surface area contributed by atoms with Crippen molar-refractivity contribution in [2.45, 2.75) is 43.5 Å². The third-order valence-electron chi connectivity index (χ3n) is 5.81. The van der Waals surface area contributed by atoms with Gasteiger partial charge in [-0.1, -0.05) is 6.92 Å². The highest BCUT2D eigenvalue weighted by molar-refractivity contribution is 7.89. The van der Waals surface area contributed by atoms with Gasteiger partial charge in [0.25, 0.3) is 0 Å². The molecular weight excluding hydrogens is 378 g/mol. The maximum absolute atomic E-state index is 12.8. The summed E-state index contributed by atoms with van der Waals surface area (Å²) in [4.78, 5) is 17.1. The number of methoxy groups -OCH3 is 1. The number of carbonyl (C=O) groups is 1. The summed E-state index contributed by atoms with van der Waals surface area (Å²) in [6.07, 6.45) is 4.37. The molecule has 2 heterocycles. The van der Waals surface area contributed by atoms with Crippen LogP contribution in [0.1, 0.15) is 32.6 Å². The van der Waals surface area contributed by atoms with Gasteiger partial charge in [0.15, 0.2) is 0 Å². The third-order valence-corrected chi connectivity index (χ3v) is 7.72. The van der Waals surface area contributed by atoms with E-state index in [0.29, 0.717) is 44.5 Å². The molecule has 1 aromatic rings. The highest BCUT2D eigenvalue weighted by Gasteiger charge is 2.31. The molecule has 28 heavy (non-hydrogen) atoms. The van der Waals surface area contributed by atoms with Gasteiger partial charge in [-0.25, -0.2) is 8.42 Å². The second kappa shape index (κ2) is 9.24. The maximum Gasteiger partial charge on any atom is 0.243 e. The summed E-state index contributed by atoms with van der Waals surface area (Å²) < 4.78 is 32.3. The van der Waals surface area contributed by atoms with Gasteiger partial charge in [0.2, 0.25) is 15.9 Å². The molecule has 2 fully saturated rings. The third kappa shape index (κ3) is 4.67. The van der Waals surface area contributed by atoms with Crippen LogP contribution in [0.4, 0.5) is 0 Å². The van der Waals surface area contributed by atoms with Gasteiger partial charge in [-0.2, -0.15) is 4.31 Å². The molecule has 1 atom stereocenters. The highest BCUT2D eigenvalue weighted by atomic mass is 32.2. The number of rotatable bonds is 6. The van der Waals surface area contributed by atoms with E-state index in [0.717, 1.165) is 25.8 Å². The van der Waals surface area contributed by atoms with Gasteiger partial charge in [-0.05, 0) is 49.9 Å². The SMILES string of the molecule is CC[C@@H]1CCCCN1C(=O)CN1CCN(S(=O)(=O)c2ccc(OC)cc2)CC1. The maximum atomic E-state index is 12.8. The van der Waals surface area contributed by atoms with Crippen molar-refractivity contribution in [3.05, 3.63) is 24.3 Å². The van der Waals surface area contributed by atoms with Crippen molar-refractivity contribution in [2.24, 2.45) is 0 Å². The Balaban J connectivity index is 1.55. The number of benzene rings is 1. The van der Waals surface area contributed by atoms with Crippen LogP contribution in [-0.2, 0) is 14.8 Å². The molecule has 2 aliphatic heterocycles. The Morgan fingerprint density at radius 3 is 2.36 bits per heavy atom. The van der Waals surface area contributed by atoms with Crippen LogP contribution in [-0.4, -0.2) is 80.9 Å². The van der Waals surface area contributed by atoms with Crippen LogP contribution in [0, 0.1) is 0 Å². The van der Waals surface area contributed by atoms with E-state index in [-0.39, 0.29) is 10.8 Å². The van der Waals surface area contributed by atoms with Crippen LogP contribution in [0.25, 0.3) is 0 Å². The van der Waals surface area contributed by atoms with Crippen LogP contribution in [0.5, 0.6) is 5.75 Å². The Hall–Kier alpha value is -1.64. The summed E-state index contributed by atoms with van der Waals surface area (Å²) >= 11 is 0. The predicted molar refractivity (Wildman–Crippen MR) is 108 cm³/mol. The van der Waals surface area contributed by atoms with Crippen LogP contribution in [0.15, 0.2) is 29.2 Å². The van der Waals surface area contributed by atoms with Gasteiger partial charge in [0.1, 0.15) is 5.75 Å². The summed E-state index contributed by atoms with van der Waals surface area (Å²) in [5.74, 6) is 0.809. The van der Waals surface area contributed by atoms with Crippen molar-refractivity contribution >= 4 is 15.9 Å². The number of likely N-dealkylation sites (tertiary alicyclic amines) is 1. The van der Waals surface area contributed by atoms with E-state index in [9.17, 15) is 13.2 Å². The van der Waals surface area contributed by atoms with Gasteiger partial charge >= 0.3 is 0 Å². The minimum atomic E-state index is -3.52. The van der Waals surface area contributed by atoms with Gasteiger partial charge < -0.3 is 9.64 Å². The number of piperazine rings is 1. The van der Waals surface area contributed by atoms with E-state index in [1.165, 1.54) is 10.7 Å². The van der Waals surface area contributed by atoms with Gasteiger partial charge in [-0.15, -0.1) is 0 Å². The average molecular weight is 410 g/mol. The zero-order valence-electron chi connectivity index (χ0n) is 16.8. The number of carbonyl (C=O) groups excluding carboxylic acids is 1. The molecule has 0 radical (unpaired) electrons. The molecule has 8 heteroatoms. The zero-order chi connectivity index (χ0) is 20.1. The van der Waals surface area contributed by atoms with E-state index in [2.05, 4.69) is 11.8 Å². The molecule has 1 aromatic carbocycles. The number of ether oxygens (including phenoxy) is 1. The Labute approximate surface area is 168 Å². The molecule has 7 nitrogen and oxygen atoms in total. The Bertz CT molecular complexity index is 758. The fraction of sp³-hybridized carbons (Fsp3) is 0.650. The number of hydrogen-bond donors (Lipinski definition) is 0. The topological polar surface area (TPSA) is 70.2 Å². The summed E-state index contributed by atoms with van der Waals surface area (Å²) in [6.45, 7) is 5.32. The Morgan fingerprint density at radius 2 is 1.75 bits per heavy atom. The normalized spacial score (nSPS) is 22.2. The van der Waals surface area contributed by atoms with Crippen LogP contribution < -0.4 is 4.74 Å². The minimum Gasteiger partial charge on any atom is -0.497 e. The first-order valence-electron chi connectivity index (χ1n) is 10.1. The second-order valence-electron chi connectivity index (χ2n) is 7.50. The van der Waals surface area contributed by atoms with Crippen LogP contribution >= 0.6 is 0 Å². The zero-order valence-corrected chi connectivity index (χ0v) is 17.7. The predicted octanol–water partition coefficient (Wildman–Crippen LogP) is 1.79. The number of nitrogens with zero attached hydrogens (tertiary/aromatic N) is 3. The molecule has 0 aliphatic carbocycles. The first kappa shape index (κ1) is 21.1. The average Bonchev–Trinajstić information content (AvgIpc) is 2.74. The minimum absolute atomic E-state index is 0.179. The molecule has 156 valence electrons. The van der Waals surface area contributed by atoms with Crippen molar-refractivity contribution in [3.63, 3.8) is 0 Å². The van der Waals surface area contributed by atoms with Gasteiger partial charge in [-0.3, -0.25) is 9.69 Å². The van der Waals surface area contributed by atoms with Crippen LogP contribution in [0.3, 0.4) is 0 Å². The van der Waals surface area contributed by atoms with Gasteiger partial charge in [0, 0.05) is 38.8 Å². The molecule has 0 bridgehead atoms. The summed E-state index contributed by atoms with van der Waals surface area (Å²) in [6, 6.07) is 6.82. The molecule has 2 saturated heterocycles. The monoisotopic (exact) mass is 409 g/mol. The molecular formula is C20H31N3O4S. The fourth-order valence-electron chi connectivity index (χ4n) is 4.06. The molecule has 0 N–H and O–H groups in total. The molecule has 0 aromatic heterocycles. The first-order chi connectivity index (χ1) is 13.5. The molecule has 2 aliphatic rings. The lowest BCUT2D eigenvalue weighted by atomic mass is 10.00. The summed E-state index contributed by atoms with van der Waals surface area (Å²) in [5.41, 5.74) is 0. The Kier molecular flexibility index (Phi) is 6.95. The standard InChI is InChI=1S/C20H31N3O4S/c1-3-17-6-4-5-11-23(17)20(24)16-21-12-14-22(15-13-21)28(25,26)19-9-7-18(27-2)8-10-19/h7-10,17H,3-6,11-16H2,1-2H3/t17-/m1/s1. The lowest BCUT2D eigenvalue weighted by Crippen LogP contribution is -2.53. The van der Waals surface area contributed by atoms with Crippen molar-refractivity contribution < 1.29 is 17.9 Å². The molecule has 0 spiro atoms. The van der Waals surface area contributed by atoms with Crippen molar-refractivity contribution in [1.29, 1.82) is 0 Å². The van der Waals surface area contributed by atoms with E-state index < -0.39 is 10.0 Å². The number of sulfonamides is 1. The number of hydrogen-bond acceptors (Lipinski definition) is 5. The highest BCUT2D eigenvalue weighted by Crippen LogP contribution is 2.22. The van der Waals surface area contributed by atoms with Crippen molar-refractivity contribution in [1.82, 2.24) is 14.1 Å². The Morgan fingerprint density at radius 1 is 1.07 bits per heavy atom. The lowest BCUT2D eigenvalue weighted by Gasteiger charge is -2.38.